The highest BCUT2D eigenvalue weighted by Gasteiger charge is 2.05. The zero-order valence-corrected chi connectivity index (χ0v) is 9.60. The third kappa shape index (κ3) is 3.72. The number of rotatable bonds is 6. The summed E-state index contributed by atoms with van der Waals surface area (Å²) in [6.07, 6.45) is 3.58. The van der Waals surface area contributed by atoms with Crippen molar-refractivity contribution in [1.82, 2.24) is 5.32 Å². The molecule has 1 aromatic heterocycles. The van der Waals surface area contributed by atoms with Crippen molar-refractivity contribution in [2.24, 2.45) is 0 Å². The van der Waals surface area contributed by atoms with Crippen molar-refractivity contribution in [3.8, 4) is 0 Å². The summed E-state index contributed by atoms with van der Waals surface area (Å²) in [5, 5.41) is 3.91. The first-order chi connectivity index (χ1) is 6.76. The summed E-state index contributed by atoms with van der Waals surface area (Å²) in [6.45, 7) is 5.17. The molecule has 2 nitrogen and oxygen atoms in total. The molecule has 14 heavy (non-hydrogen) atoms. The van der Waals surface area contributed by atoms with Gasteiger partial charge in [0.2, 0.25) is 0 Å². The minimum atomic E-state index is 0.463. The Labute approximate surface area is 90.6 Å². The highest BCUT2D eigenvalue weighted by Crippen LogP contribution is 2.13. The molecule has 0 saturated heterocycles. The third-order valence-electron chi connectivity index (χ3n) is 2.32. The normalized spacial score (nSPS) is 13.1. The van der Waals surface area contributed by atoms with Gasteiger partial charge in [0.05, 0.1) is 6.54 Å². The largest absolute Gasteiger partial charge is 0.448 e. The van der Waals surface area contributed by atoms with E-state index in [2.05, 4.69) is 19.2 Å². The maximum atomic E-state index is 5.68. The molecular weight excluding hydrogens is 198 g/mol. The fraction of sp³-hybridized carbons (Fsp3) is 0.636. The molecule has 0 amide bonds. The minimum absolute atomic E-state index is 0.463. The quantitative estimate of drug-likeness (QED) is 0.785. The fourth-order valence-corrected chi connectivity index (χ4v) is 1.65. The molecule has 0 spiro atoms. The predicted octanol–water partition coefficient (Wildman–Crippen LogP) is 3.60. The van der Waals surface area contributed by atoms with Crippen molar-refractivity contribution < 1.29 is 4.42 Å². The molecule has 3 heteroatoms. The van der Waals surface area contributed by atoms with Crippen LogP contribution in [0.4, 0.5) is 0 Å². The second kappa shape index (κ2) is 6.10. The van der Waals surface area contributed by atoms with Crippen molar-refractivity contribution in [3.05, 3.63) is 23.1 Å². The van der Waals surface area contributed by atoms with Gasteiger partial charge in [0.1, 0.15) is 5.76 Å². The highest BCUT2D eigenvalue weighted by atomic mass is 35.5. The molecule has 0 saturated carbocycles. The van der Waals surface area contributed by atoms with E-state index in [9.17, 15) is 0 Å². The van der Waals surface area contributed by atoms with Crippen molar-refractivity contribution in [1.29, 1.82) is 0 Å². The van der Waals surface area contributed by atoms with Gasteiger partial charge in [-0.1, -0.05) is 20.3 Å². The Morgan fingerprint density at radius 3 is 2.71 bits per heavy atom. The number of nitrogens with one attached hydrogen (secondary N) is 1. The van der Waals surface area contributed by atoms with Crippen LogP contribution in [-0.2, 0) is 6.54 Å². The second-order valence-electron chi connectivity index (χ2n) is 3.48. The lowest BCUT2D eigenvalue weighted by Gasteiger charge is -2.14. The van der Waals surface area contributed by atoms with Crippen molar-refractivity contribution >= 4 is 11.6 Å². The molecule has 1 unspecified atom stereocenters. The maximum absolute atomic E-state index is 5.68. The second-order valence-corrected chi connectivity index (χ2v) is 3.85. The van der Waals surface area contributed by atoms with Crippen LogP contribution in [0, 0.1) is 0 Å². The monoisotopic (exact) mass is 215 g/mol. The third-order valence-corrected chi connectivity index (χ3v) is 2.53. The number of hydrogen-bond donors (Lipinski definition) is 1. The number of halogens is 1. The molecule has 0 aliphatic carbocycles. The van der Waals surface area contributed by atoms with Gasteiger partial charge in [0, 0.05) is 6.04 Å². The Balaban J connectivity index is 2.31. The molecule has 1 heterocycles. The molecule has 1 rings (SSSR count). The SMILES string of the molecule is CCCC(CC)NCc1ccc(Cl)o1. The van der Waals surface area contributed by atoms with E-state index in [0.717, 1.165) is 18.7 Å². The maximum Gasteiger partial charge on any atom is 0.193 e. The van der Waals surface area contributed by atoms with Gasteiger partial charge in [-0.2, -0.15) is 0 Å². The zero-order chi connectivity index (χ0) is 10.4. The van der Waals surface area contributed by atoms with Crippen LogP contribution >= 0.6 is 11.6 Å². The van der Waals surface area contributed by atoms with Gasteiger partial charge in [-0.3, -0.25) is 0 Å². The van der Waals surface area contributed by atoms with Gasteiger partial charge in [0.25, 0.3) is 0 Å². The van der Waals surface area contributed by atoms with Crippen LogP contribution in [0.15, 0.2) is 16.5 Å². The Morgan fingerprint density at radius 1 is 1.43 bits per heavy atom. The molecule has 0 bridgehead atoms. The average molecular weight is 216 g/mol. The Kier molecular flexibility index (Phi) is 5.05. The molecule has 1 N–H and O–H groups in total. The van der Waals surface area contributed by atoms with Crippen molar-refractivity contribution in [3.63, 3.8) is 0 Å². The summed E-state index contributed by atoms with van der Waals surface area (Å²) in [6, 6.07) is 4.27. The fourth-order valence-electron chi connectivity index (χ4n) is 1.49. The van der Waals surface area contributed by atoms with Crippen LogP contribution in [0.1, 0.15) is 38.9 Å². The van der Waals surface area contributed by atoms with Gasteiger partial charge >= 0.3 is 0 Å². The lowest BCUT2D eigenvalue weighted by atomic mass is 10.1. The van der Waals surface area contributed by atoms with Crippen molar-refractivity contribution in [2.75, 3.05) is 0 Å². The first kappa shape index (κ1) is 11.6. The van der Waals surface area contributed by atoms with Gasteiger partial charge in [0.15, 0.2) is 5.22 Å². The molecular formula is C11H18ClNO. The smallest absolute Gasteiger partial charge is 0.193 e. The van der Waals surface area contributed by atoms with E-state index in [4.69, 9.17) is 16.0 Å². The minimum Gasteiger partial charge on any atom is -0.448 e. The molecule has 0 aliphatic rings. The van der Waals surface area contributed by atoms with Crippen LogP contribution in [0.25, 0.3) is 0 Å². The Morgan fingerprint density at radius 2 is 2.21 bits per heavy atom. The van der Waals surface area contributed by atoms with Gasteiger partial charge < -0.3 is 9.73 Å². The molecule has 1 atom stereocenters. The topological polar surface area (TPSA) is 25.2 Å². The standard InChI is InChI=1S/C11H18ClNO/c1-3-5-9(4-2)13-8-10-6-7-11(12)14-10/h6-7,9,13H,3-5,8H2,1-2H3. The highest BCUT2D eigenvalue weighted by molar-refractivity contribution is 6.28. The Hall–Kier alpha value is -0.470. The van der Waals surface area contributed by atoms with E-state index in [1.807, 2.05) is 6.07 Å². The lowest BCUT2D eigenvalue weighted by molar-refractivity contribution is 0.419. The zero-order valence-electron chi connectivity index (χ0n) is 8.85. The summed E-state index contributed by atoms with van der Waals surface area (Å²) >= 11 is 5.68. The molecule has 80 valence electrons. The predicted molar refractivity (Wildman–Crippen MR) is 59.5 cm³/mol. The summed E-state index contributed by atoms with van der Waals surface area (Å²) in [5.41, 5.74) is 0. The van der Waals surface area contributed by atoms with Crippen LogP contribution in [0.5, 0.6) is 0 Å². The van der Waals surface area contributed by atoms with Crippen molar-refractivity contribution in [2.45, 2.75) is 45.7 Å². The van der Waals surface area contributed by atoms with E-state index in [0.29, 0.717) is 11.3 Å². The van der Waals surface area contributed by atoms with Gasteiger partial charge in [-0.05, 0) is 36.6 Å². The lowest BCUT2D eigenvalue weighted by Crippen LogP contribution is -2.27. The van der Waals surface area contributed by atoms with Crippen LogP contribution in [0.3, 0.4) is 0 Å². The summed E-state index contributed by atoms with van der Waals surface area (Å²) < 4.78 is 5.26. The average Bonchev–Trinajstić information content (AvgIpc) is 2.59. The van der Waals surface area contributed by atoms with Crippen LogP contribution in [-0.4, -0.2) is 6.04 Å². The van der Waals surface area contributed by atoms with Gasteiger partial charge in [-0.25, -0.2) is 0 Å². The summed E-state index contributed by atoms with van der Waals surface area (Å²) in [7, 11) is 0. The van der Waals surface area contributed by atoms with E-state index in [-0.39, 0.29) is 0 Å². The first-order valence-corrected chi connectivity index (χ1v) is 5.61. The number of furan rings is 1. The van der Waals surface area contributed by atoms with Gasteiger partial charge in [-0.15, -0.1) is 0 Å². The summed E-state index contributed by atoms with van der Waals surface area (Å²) in [5.74, 6) is 0.907. The van der Waals surface area contributed by atoms with E-state index in [1.54, 1.807) is 6.07 Å². The molecule has 0 radical (unpaired) electrons. The van der Waals surface area contributed by atoms with Crippen LogP contribution < -0.4 is 5.32 Å². The van der Waals surface area contributed by atoms with E-state index < -0.39 is 0 Å². The number of hydrogen-bond acceptors (Lipinski definition) is 2. The molecule has 0 aromatic carbocycles. The summed E-state index contributed by atoms with van der Waals surface area (Å²) in [4.78, 5) is 0. The van der Waals surface area contributed by atoms with E-state index >= 15 is 0 Å². The van der Waals surface area contributed by atoms with E-state index in [1.165, 1.54) is 12.8 Å². The first-order valence-electron chi connectivity index (χ1n) is 5.23. The molecule has 0 fully saturated rings. The Bertz CT molecular complexity index is 260. The van der Waals surface area contributed by atoms with Crippen LogP contribution in [0.2, 0.25) is 5.22 Å². The molecule has 1 aromatic rings. The molecule has 0 aliphatic heterocycles.